The summed E-state index contributed by atoms with van der Waals surface area (Å²) in [5.74, 6) is 0.542. The second kappa shape index (κ2) is 8.46. The number of hydrogen-bond donors (Lipinski definition) is 1. The van der Waals surface area contributed by atoms with Crippen LogP contribution >= 0.6 is 11.8 Å². The van der Waals surface area contributed by atoms with Gasteiger partial charge in [0.05, 0.1) is 18.0 Å². The Hall–Kier alpha value is -2.19. The van der Waals surface area contributed by atoms with Crippen LogP contribution < -0.4 is 10.2 Å². The van der Waals surface area contributed by atoms with Crippen molar-refractivity contribution in [3.63, 3.8) is 0 Å². The fraction of sp³-hybridized carbons (Fsp3) is 0.389. The number of carbonyl (C=O) groups is 1. The molecule has 1 aliphatic heterocycles. The van der Waals surface area contributed by atoms with Gasteiger partial charge in [-0.2, -0.15) is 0 Å². The van der Waals surface area contributed by atoms with Crippen LogP contribution in [0.15, 0.2) is 41.7 Å². The van der Waals surface area contributed by atoms with Gasteiger partial charge < -0.3 is 15.0 Å². The van der Waals surface area contributed by atoms with E-state index < -0.39 is 0 Å². The Morgan fingerprint density at radius 2 is 1.96 bits per heavy atom. The number of nitrogens with zero attached hydrogens (tertiary/aromatic N) is 3. The molecule has 3 rings (SSSR count). The van der Waals surface area contributed by atoms with E-state index in [-0.39, 0.29) is 29.7 Å². The molecule has 1 fully saturated rings. The second-order valence-corrected chi connectivity index (χ2v) is 7.22. The van der Waals surface area contributed by atoms with Crippen LogP contribution in [0.4, 0.5) is 15.9 Å². The highest BCUT2D eigenvalue weighted by Gasteiger charge is 2.23. The Balaban J connectivity index is 1.56. The van der Waals surface area contributed by atoms with Gasteiger partial charge in [0.1, 0.15) is 23.0 Å². The molecule has 1 aromatic carbocycles. The fourth-order valence-corrected chi connectivity index (χ4v) is 3.48. The van der Waals surface area contributed by atoms with Crippen LogP contribution in [0.1, 0.15) is 13.8 Å². The molecule has 1 saturated heterocycles. The zero-order valence-electron chi connectivity index (χ0n) is 14.7. The first-order valence-electron chi connectivity index (χ1n) is 8.40. The summed E-state index contributed by atoms with van der Waals surface area (Å²) >= 11 is 1.34. The molecule has 1 aromatic heterocycles. The van der Waals surface area contributed by atoms with E-state index in [1.54, 1.807) is 0 Å². The van der Waals surface area contributed by atoms with E-state index in [9.17, 15) is 9.18 Å². The summed E-state index contributed by atoms with van der Waals surface area (Å²) in [5.41, 5.74) is 0.566. The van der Waals surface area contributed by atoms with Crippen molar-refractivity contribution in [2.24, 2.45) is 0 Å². The lowest BCUT2D eigenvalue weighted by Crippen LogP contribution is -2.45. The zero-order chi connectivity index (χ0) is 18.5. The maximum absolute atomic E-state index is 12.9. The van der Waals surface area contributed by atoms with Crippen molar-refractivity contribution >= 4 is 29.2 Å². The van der Waals surface area contributed by atoms with Gasteiger partial charge in [-0.05, 0) is 38.1 Å². The first-order valence-corrected chi connectivity index (χ1v) is 9.39. The maximum Gasteiger partial charge on any atom is 0.234 e. The largest absolute Gasteiger partial charge is 0.372 e. The highest BCUT2D eigenvalue weighted by atomic mass is 32.2. The van der Waals surface area contributed by atoms with Crippen molar-refractivity contribution in [3.05, 3.63) is 42.5 Å². The number of nitrogens with one attached hydrogen (secondary N) is 1. The summed E-state index contributed by atoms with van der Waals surface area (Å²) in [7, 11) is 0. The Bertz CT molecular complexity index is 749. The lowest BCUT2D eigenvalue weighted by Gasteiger charge is -2.36. The molecule has 138 valence electrons. The van der Waals surface area contributed by atoms with Gasteiger partial charge >= 0.3 is 0 Å². The third-order valence-electron chi connectivity index (χ3n) is 3.85. The number of ether oxygens (including phenoxy) is 1. The molecule has 1 N–H and O–H groups in total. The van der Waals surface area contributed by atoms with Crippen molar-refractivity contribution in [1.29, 1.82) is 0 Å². The van der Waals surface area contributed by atoms with E-state index in [2.05, 4.69) is 20.2 Å². The topological polar surface area (TPSA) is 67.4 Å². The Kier molecular flexibility index (Phi) is 6.05. The molecule has 2 atom stereocenters. The van der Waals surface area contributed by atoms with Gasteiger partial charge in [0.25, 0.3) is 0 Å². The first kappa shape index (κ1) is 18.6. The minimum atomic E-state index is -0.336. The van der Waals surface area contributed by atoms with E-state index in [4.69, 9.17) is 4.74 Å². The third-order valence-corrected chi connectivity index (χ3v) is 4.78. The number of anilines is 2. The highest BCUT2D eigenvalue weighted by Crippen LogP contribution is 2.23. The van der Waals surface area contributed by atoms with Gasteiger partial charge in [-0.25, -0.2) is 14.4 Å². The summed E-state index contributed by atoms with van der Waals surface area (Å²) in [6.07, 6.45) is 1.80. The number of rotatable bonds is 5. The summed E-state index contributed by atoms with van der Waals surface area (Å²) in [6.45, 7) is 5.63. The third kappa shape index (κ3) is 5.15. The molecule has 6 nitrogen and oxygen atoms in total. The van der Waals surface area contributed by atoms with Crippen molar-refractivity contribution in [1.82, 2.24) is 9.97 Å². The summed E-state index contributed by atoms with van der Waals surface area (Å²) in [4.78, 5) is 22.8. The molecule has 2 heterocycles. The van der Waals surface area contributed by atoms with Crippen LogP contribution in [-0.4, -0.2) is 46.9 Å². The molecule has 1 amide bonds. The van der Waals surface area contributed by atoms with Crippen molar-refractivity contribution in [2.45, 2.75) is 31.1 Å². The molecule has 8 heteroatoms. The second-order valence-electron chi connectivity index (χ2n) is 6.22. The highest BCUT2D eigenvalue weighted by molar-refractivity contribution is 7.99. The predicted molar refractivity (Wildman–Crippen MR) is 100 cm³/mol. The minimum absolute atomic E-state index is 0.145. The monoisotopic (exact) mass is 376 g/mol. The number of thioether (sulfide) groups is 1. The number of benzene rings is 1. The van der Waals surface area contributed by atoms with Gasteiger partial charge in [0.15, 0.2) is 0 Å². The molecule has 0 saturated carbocycles. The summed E-state index contributed by atoms with van der Waals surface area (Å²) in [6, 6.07) is 7.57. The number of amides is 1. The standard InChI is InChI=1S/C18H21FN4O2S/c1-12-8-23(9-13(2)25-12)16-7-18(21-11-20-16)26-10-17(24)22-15-5-3-14(19)4-6-15/h3-7,11-13H,8-10H2,1-2H3,(H,22,24). The van der Waals surface area contributed by atoms with Crippen molar-refractivity contribution < 1.29 is 13.9 Å². The molecule has 2 unspecified atom stereocenters. The number of halogens is 1. The molecule has 2 aromatic rings. The Morgan fingerprint density at radius 1 is 1.27 bits per heavy atom. The zero-order valence-corrected chi connectivity index (χ0v) is 15.5. The number of aromatic nitrogens is 2. The molecule has 0 spiro atoms. The van der Waals surface area contributed by atoms with Gasteiger partial charge in [-0.3, -0.25) is 4.79 Å². The Morgan fingerprint density at radius 3 is 2.65 bits per heavy atom. The molecule has 0 bridgehead atoms. The average Bonchev–Trinajstić information content (AvgIpc) is 2.61. The fourth-order valence-electron chi connectivity index (χ4n) is 2.82. The number of hydrogen-bond acceptors (Lipinski definition) is 6. The minimum Gasteiger partial charge on any atom is -0.372 e. The molecular formula is C18H21FN4O2S. The van der Waals surface area contributed by atoms with Crippen LogP contribution in [-0.2, 0) is 9.53 Å². The predicted octanol–water partition coefficient (Wildman–Crippen LogP) is 2.96. The molecular weight excluding hydrogens is 355 g/mol. The Labute approximate surface area is 156 Å². The van der Waals surface area contributed by atoms with Gasteiger partial charge in [-0.15, -0.1) is 0 Å². The summed E-state index contributed by atoms with van der Waals surface area (Å²) in [5, 5.41) is 3.46. The molecule has 0 aliphatic carbocycles. The van der Waals surface area contributed by atoms with Crippen molar-refractivity contribution in [2.75, 3.05) is 29.1 Å². The van der Waals surface area contributed by atoms with Crippen LogP contribution in [0.2, 0.25) is 0 Å². The molecule has 26 heavy (non-hydrogen) atoms. The van der Waals surface area contributed by atoms with Gasteiger partial charge in [0, 0.05) is 24.8 Å². The van der Waals surface area contributed by atoms with Crippen molar-refractivity contribution in [3.8, 4) is 0 Å². The van der Waals surface area contributed by atoms with E-state index in [1.807, 2.05) is 19.9 Å². The average molecular weight is 376 g/mol. The first-order chi connectivity index (χ1) is 12.5. The lowest BCUT2D eigenvalue weighted by atomic mass is 10.2. The number of morpholine rings is 1. The normalized spacial score (nSPS) is 20.0. The van der Waals surface area contributed by atoms with Crippen LogP contribution in [0.25, 0.3) is 0 Å². The van der Waals surface area contributed by atoms with Crippen LogP contribution in [0, 0.1) is 5.82 Å². The van der Waals surface area contributed by atoms with Crippen LogP contribution in [0.3, 0.4) is 0 Å². The quantitative estimate of drug-likeness (QED) is 0.639. The van der Waals surface area contributed by atoms with E-state index in [1.165, 1.54) is 42.4 Å². The van der Waals surface area contributed by atoms with E-state index >= 15 is 0 Å². The SMILES string of the molecule is CC1CN(c2cc(SCC(=O)Nc3ccc(F)cc3)ncn2)CC(C)O1. The number of carbonyl (C=O) groups excluding carboxylic acids is 1. The lowest BCUT2D eigenvalue weighted by molar-refractivity contribution is -0.113. The van der Waals surface area contributed by atoms with Crippen LogP contribution in [0.5, 0.6) is 0 Å². The maximum atomic E-state index is 12.9. The summed E-state index contributed by atoms with van der Waals surface area (Å²) < 4.78 is 18.6. The van der Waals surface area contributed by atoms with E-state index in [0.717, 1.165) is 23.9 Å². The van der Waals surface area contributed by atoms with Gasteiger partial charge in [0.2, 0.25) is 5.91 Å². The van der Waals surface area contributed by atoms with E-state index in [0.29, 0.717) is 5.69 Å². The molecule has 0 radical (unpaired) electrons. The van der Waals surface area contributed by atoms with Gasteiger partial charge in [-0.1, -0.05) is 11.8 Å². The smallest absolute Gasteiger partial charge is 0.234 e. The molecule has 1 aliphatic rings.